The average molecular weight is 326 g/mol. The Hall–Kier alpha value is -2.17. The van der Waals surface area contributed by atoms with Crippen LogP contribution in [0.5, 0.6) is 0 Å². The van der Waals surface area contributed by atoms with Crippen molar-refractivity contribution in [1.82, 2.24) is 20.1 Å². The highest BCUT2D eigenvalue weighted by Crippen LogP contribution is 2.23. The number of hydrogen-bond donors (Lipinski definition) is 1. The van der Waals surface area contributed by atoms with Crippen molar-refractivity contribution in [3.05, 3.63) is 41.9 Å². The molecule has 1 saturated carbocycles. The summed E-state index contributed by atoms with van der Waals surface area (Å²) in [5.41, 5.74) is 1.58. The van der Waals surface area contributed by atoms with Gasteiger partial charge >= 0.3 is 0 Å². The Morgan fingerprint density at radius 2 is 1.96 bits per heavy atom. The molecular weight excluding hydrogens is 300 g/mol. The van der Waals surface area contributed by atoms with Crippen LogP contribution in [0.15, 0.2) is 30.6 Å². The lowest BCUT2D eigenvalue weighted by molar-refractivity contribution is 0.0932. The Morgan fingerprint density at radius 1 is 1.21 bits per heavy atom. The minimum Gasteiger partial charge on any atom is -0.349 e. The molecule has 0 atom stereocenters. The number of aromatic nitrogens is 3. The highest BCUT2D eigenvalue weighted by molar-refractivity contribution is 5.95. The largest absolute Gasteiger partial charge is 0.349 e. The molecule has 1 aliphatic rings. The standard InChI is InChI=1S/C19H26N4O/c1-14(2)18-16(13-21-23(18)17-11-7-8-12-20-17)19(24)22-15-9-5-3-4-6-10-15/h7-8,11-15H,3-6,9-10H2,1-2H3,(H,22,24). The van der Waals surface area contributed by atoms with Crippen molar-refractivity contribution < 1.29 is 4.79 Å². The number of pyridine rings is 1. The van der Waals surface area contributed by atoms with Crippen molar-refractivity contribution in [2.24, 2.45) is 0 Å². The van der Waals surface area contributed by atoms with Crippen molar-refractivity contribution in [2.45, 2.75) is 64.3 Å². The second kappa shape index (κ2) is 7.60. The van der Waals surface area contributed by atoms with Crippen molar-refractivity contribution in [1.29, 1.82) is 0 Å². The molecule has 2 heterocycles. The van der Waals surface area contributed by atoms with E-state index in [0.29, 0.717) is 11.6 Å². The third kappa shape index (κ3) is 3.66. The summed E-state index contributed by atoms with van der Waals surface area (Å²) in [6.45, 7) is 4.16. The molecule has 5 nitrogen and oxygen atoms in total. The Bertz CT molecular complexity index is 670. The van der Waals surface area contributed by atoms with Crippen LogP contribution in [0.4, 0.5) is 0 Å². The number of nitrogens with one attached hydrogen (secondary N) is 1. The fourth-order valence-corrected chi connectivity index (χ4v) is 3.44. The van der Waals surface area contributed by atoms with Crippen molar-refractivity contribution in [2.75, 3.05) is 0 Å². The van der Waals surface area contributed by atoms with E-state index in [4.69, 9.17) is 0 Å². The van der Waals surface area contributed by atoms with Crippen LogP contribution in [0.2, 0.25) is 0 Å². The first-order valence-electron chi connectivity index (χ1n) is 8.97. The van der Waals surface area contributed by atoms with Gasteiger partial charge in [0.25, 0.3) is 5.91 Å². The molecule has 0 aromatic carbocycles. The molecule has 1 amide bonds. The topological polar surface area (TPSA) is 59.8 Å². The monoisotopic (exact) mass is 326 g/mol. The van der Waals surface area contributed by atoms with Crippen LogP contribution in [0, 0.1) is 0 Å². The highest BCUT2D eigenvalue weighted by Gasteiger charge is 2.23. The minimum atomic E-state index is -0.00668. The van der Waals surface area contributed by atoms with Gasteiger partial charge in [-0.05, 0) is 30.9 Å². The SMILES string of the molecule is CC(C)c1c(C(=O)NC2CCCCCC2)cnn1-c1ccccn1. The lowest BCUT2D eigenvalue weighted by Crippen LogP contribution is -2.34. The Balaban J connectivity index is 1.85. The van der Waals surface area contributed by atoms with Crippen LogP contribution in [-0.4, -0.2) is 26.7 Å². The molecule has 5 heteroatoms. The van der Waals surface area contributed by atoms with E-state index in [2.05, 4.69) is 29.2 Å². The van der Waals surface area contributed by atoms with Gasteiger partial charge in [-0.25, -0.2) is 9.67 Å². The fourth-order valence-electron chi connectivity index (χ4n) is 3.44. The van der Waals surface area contributed by atoms with Crippen molar-refractivity contribution in [3.8, 4) is 5.82 Å². The maximum absolute atomic E-state index is 12.8. The van der Waals surface area contributed by atoms with Crippen molar-refractivity contribution in [3.63, 3.8) is 0 Å². The quantitative estimate of drug-likeness (QED) is 0.868. The summed E-state index contributed by atoms with van der Waals surface area (Å²) in [4.78, 5) is 17.2. The predicted octanol–water partition coefficient (Wildman–Crippen LogP) is 3.84. The number of rotatable bonds is 4. The second-order valence-electron chi connectivity index (χ2n) is 6.86. The summed E-state index contributed by atoms with van der Waals surface area (Å²) in [5, 5.41) is 7.66. The summed E-state index contributed by atoms with van der Waals surface area (Å²) in [5.74, 6) is 0.923. The third-order valence-corrected chi connectivity index (χ3v) is 4.65. The van der Waals surface area contributed by atoms with Gasteiger partial charge in [-0.1, -0.05) is 45.6 Å². The van der Waals surface area contributed by atoms with Gasteiger partial charge in [-0.3, -0.25) is 4.79 Å². The molecule has 1 aliphatic carbocycles. The third-order valence-electron chi connectivity index (χ3n) is 4.65. The molecule has 2 aromatic rings. The van der Waals surface area contributed by atoms with E-state index in [1.165, 1.54) is 25.7 Å². The Labute approximate surface area is 143 Å². The van der Waals surface area contributed by atoms with E-state index in [-0.39, 0.29) is 11.8 Å². The number of carbonyl (C=O) groups is 1. The molecule has 24 heavy (non-hydrogen) atoms. The fraction of sp³-hybridized carbons (Fsp3) is 0.526. The maximum Gasteiger partial charge on any atom is 0.255 e. The molecule has 0 aliphatic heterocycles. The molecule has 1 fully saturated rings. The van der Waals surface area contributed by atoms with Crippen LogP contribution in [0.1, 0.15) is 74.3 Å². The molecule has 0 unspecified atom stereocenters. The minimum absolute atomic E-state index is 0.00668. The summed E-state index contributed by atoms with van der Waals surface area (Å²) in [7, 11) is 0. The Kier molecular flexibility index (Phi) is 5.28. The second-order valence-corrected chi connectivity index (χ2v) is 6.86. The molecule has 1 N–H and O–H groups in total. The number of hydrogen-bond acceptors (Lipinski definition) is 3. The lowest BCUT2D eigenvalue weighted by atomic mass is 10.0. The zero-order valence-corrected chi connectivity index (χ0v) is 14.5. The molecule has 3 rings (SSSR count). The lowest BCUT2D eigenvalue weighted by Gasteiger charge is -2.17. The normalized spacial score (nSPS) is 16.1. The highest BCUT2D eigenvalue weighted by atomic mass is 16.1. The van der Waals surface area contributed by atoms with E-state index < -0.39 is 0 Å². The van der Waals surface area contributed by atoms with Crippen LogP contribution in [0.3, 0.4) is 0 Å². The van der Waals surface area contributed by atoms with Gasteiger partial charge in [0.05, 0.1) is 17.5 Å². The first-order valence-corrected chi connectivity index (χ1v) is 8.97. The smallest absolute Gasteiger partial charge is 0.255 e. The van der Waals surface area contributed by atoms with Crippen LogP contribution in [0.25, 0.3) is 5.82 Å². The van der Waals surface area contributed by atoms with E-state index in [1.807, 2.05) is 18.2 Å². The maximum atomic E-state index is 12.8. The number of nitrogens with zero attached hydrogens (tertiary/aromatic N) is 3. The zero-order valence-electron chi connectivity index (χ0n) is 14.5. The van der Waals surface area contributed by atoms with Gasteiger partial charge in [0, 0.05) is 12.2 Å². The van der Waals surface area contributed by atoms with Crippen molar-refractivity contribution >= 4 is 5.91 Å². The number of carbonyl (C=O) groups excluding carboxylic acids is 1. The molecular formula is C19H26N4O. The molecule has 0 radical (unpaired) electrons. The van der Waals surface area contributed by atoms with Gasteiger partial charge < -0.3 is 5.32 Å². The molecule has 0 spiro atoms. The molecule has 2 aromatic heterocycles. The predicted molar refractivity (Wildman–Crippen MR) is 94.4 cm³/mol. The molecule has 0 bridgehead atoms. The van der Waals surface area contributed by atoms with Gasteiger partial charge in [0.2, 0.25) is 0 Å². The van der Waals surface area contributed by atoms with Gasteiger partial charge in [0.15, 0.2) is 5.82 Å². The zero-order chi connectivity index (χ0) is 16.9. The first kappa shape index (κ1) is 16.7. The first-order chi connectivity index (χ1) is 11.7. The Morgan fingerprint density at radius 3 is 2.58 bits per heavy atom. The summed E-state index contributed by atoms with van der Waals surface area (Å²) < 4.78 is 1.78. The summed E-state index contributed by atoms with van der Waals surface area (Å²) in [6, 6.07) is 6.01. The van der Waals surface area contributed by atoms with Gasteiger partial charge in [0.1, 0.15) is 0 Å². The molecule has 128 valence electrons. The van der Waals surface area contributed by atoms with Gasteiger partial charge in [-0.2, -0.15) is 5.10 Å². The van der Waals surface area contributed by atoms with Crippen LogP contribution < -0.4 is 5.32 Å². The average Bonchev–Trinajstić information content (AvgIpc) is 2.89. The summed E-state index contributed by atoms with van der Waals surface area (Å²) >= 11 is 0. The van der Waals surface area contributed by atoms with E-state index >= 15 is 0 Å². The van der Waals surface area contributed by atoms with Gasteiger partial charge in [-0.15, -0.1) is 0 Å². The van der Waals surface area contributed by atoms with E-state index in [9.17, 15) is 4.79 Å². The van der Waals surface area contributed by atoms with Crippen LogP contribution in [-0.2, 0) is 0 Å². The van der Waals surface area contributed by atoms with E-state index in [0.717, 1.165) is 24.4 Å². The summed E-state index contributed by atoms with van der Waals surface area (Å²) in [6.07, 6.45) is 10.5. The van der Waals surface area contributed by atoms with Crippen LogP contribution >= 0.6 is 0 Å². The van der Waals surface area contributed by atoms with E-state index in [1.54, 1.807) is 17.1 Å². The molecule has 0 saturated heterocycles. The number of amides is 1.